The summed E-state index contributed by atoms with van der Waals surface area (Å²) in [6, 6.07) is 24.3. The lowest BCUT2D eigenvalue weighted by Gasteiger charge is -2.38. The lowest BCUT2D eigenvalue weighted by molar-refractivity contribution is -0.139. The number of carbonyl (C=O) groups excluding carboxylic acids is 1. The molecule has 1 fully saturated rings. The summed E-state index contributed by atoms with van der Waals surface area (Å²) >= 11 is 0. The van der Waals surface area contributed by atoms with Crippen LogP contribution < -0.4 is 10.1 Å². The second-order valence-electron chi connectivity index (χ2n) is 8.10. The first-order chi connectivity index (χ1) is 15.1. The van der Waals surface area contributed by atoms with Gasteiger partial charge in [-0.1, -0.05) is 60.7 Å². The summed E-state index contributed by atoms with van der Waals surface area (Å²) < 4.78 is 5.68. The molecule has 2 atom stereocenters. The summed E-state index contributed by atoms with van der Waals surface area (Å²) in [6.45, 7) is 4.45. The number of nitrogens with zero attached hydrogens (tertiary/aromatic N) is 2. The first-order valence-electron chi connectivity index (χ1n) is 10.6. The zero-order valence-electron chi connectivity index (χ0n) is 18.0. The molecule has 2 unspecified atom stereocenters. The van der Waals surface area contributed by atoms with Crippen molar-refractivity contribution in [3.05, 3.63) is 77.9 Å². The normalized spacial score (nSPS) is 16.9. The Labute approximate surface area is 183 Å². The predicted molar refractivity (Wildman–Crippen MR) is 122 cm³/mol. The van der Waals surface area contributed by atoms with Gasteiger partial charge in [-0.25, -0.2) is 0 Å². The summed E-state index contributed by atoms with van der Waals surface area (Å²) in [4.78, 5) is 15.6. The van der Waals surface area contributed by atoms with E-state index in [2.05, 4.69) is 29.6 Å². The summed E-state index contributed by atoms with van der Waals surface area (Å²) in [5, 5.41) is 15.9. The number of hydrogen-bond donors (Lipinski definition) is 1. The molecule has 5 heteroatoms. The largest absolute Gasteiger partial charge is 0.496 e. The number of ether oxygens (including phenoxy) is 1. The summed E-state index contributed by atoms with van der Waals surface area (Å²) in [6.07, 6.45) is 0. The van der Waals surface area contributed by atoms with Crippen LogP contribution in [0.25, 0.3) is 10.8 Å². The Morgan fingerprint density at radius 3 is 2.42 bits per heavy atom. The second kappa shape index (κ2) is 8.79. The van der Waals surface area contributed by atoms with E-state index in [0.29, 0.717) is 18.8 Å². The smallest absolute Gasteiger partial charge is 0.243 e. The van der Waals surface area contributed by atoms with Crippen LogP contribution in [0, 0.1) is 16.7 Å². The van der Waals surface area contributed by atoms with Gasteiger partial charge in [-0.3, -0.25) is 4.79 Å². The first kappa shape index (κ1) is 20.9. The molecule has 1 amide bonds. The third-order valence-corrected chi connectivity index (χ3v) is 6.24. The van der Waals surface area contributed by atoms with Crippen molar-refractivity contribution < 1.29 is 9.53 Å². The Balaban J connectivity index is 1.96. The zero-order valence-corrected chi connectivity index (χ0v) is 18.0. The maximum Gasteiger partial charge on any atom is 0.243 e. The molecule has 0 spiro atoms. The van der Waals surface area contributed by atoms with Crippen LogP contribution >= 0.6 is 0 Å². The van der Waals surface area contributed by atoms with E-state index in [0.717, 1.165) is 35.0 Å². The standard InChI is InChI=1S/C26H27N3O2/c1-26(18-27,25(30)29-16-14-28-15-17-29)24(22-11-5-6-13-23(22)31-2)21-12-7-9-19-8-3-4-10-20(19)21/h3-13,24,28H,14-17H2,1-2H3. The average Bonchev–Trinajstić information content (AvgIpc) is 2.84. The van der Waals surface area contributed by atoms with Crippen LogP contribution in [0.1, 0.15) is 24.0 Å². The van der Waals surface area contributed by atoms with Gasteiger partial charge in [-0.2, -0.15) is 5.26 Å². The fourth-order valence-corrected chi connectivity index (χ4v) is 4.63. The number of para-hydroxylation sites is 1. The molecule has 0 saturated carbocycles. The molecule has 0 bridgehead atoms. The van der Waals surface area contributed by atoms with Crippen molar-refractivity contribution in [1.82, 2.24) is 10.2 Å². The second-order valence-corrected chi connectivity index (χ2v) is 8.10. The van der Waals surface area contributed by atoms with Gasteiger partial charge in [0.05, 0.1) is 13.2 Å². The van der Waals surface area contributed by atoms with Crippen LogP contribution in [0.15, 0.2) is 66.7 Å². The SMILES string of the molecule is COc1ccccc1C(c1cccc2ccccc12)C(C)(C#N)C(=O)N1CCNCC1. The molecule has 1 aliphatic heterocycles. The van der Waals surface area contributed by atoms with E-state index in [4.69, 9.17) is 4.74 Å². The lowest BCUT2D eigenvalue weighted by Crippen LogP contribution is -2.52. The predicted octanol–water partition coefficient (Wildman–Crippen LogP) is 3.94. The molecule has 31 heavy (non-hydrogen) atoms. The molecule has 0 aliphatic carbocycles. The molecule has 1 heterocycles. The molecule has 0 aromatic heterocycles. The quantitative estimate of drug-likeness (QED) is 0.688. The maximum absolute atomic E-state index is 13.8. The fraction of sp³-hybridized carbons (Fsp3) is 0.308. The highest BCUT2D eigenvalue weighted by atomic mass is 16.5. The summed E-state index contributed by atoms with van der Waals surface area (Å²) in [7, 11) is 1.63. The van der Waals surface area contributed by atoms with Crippen LogP contribution in [0.4, 0.5) is 0 Å². The Bertz CT molecular complexity index is 1130. The fourth-order valence-electron chi connectivity index (χ4n) is 4.63. The van der Waals surface area contributed by atoms with E-state index in [9.17, 15) is 10.1 Å². The van der Waals surface area contributed by atoms with Gasteiger partial charge in [0.2, 0.25) is 5.91 Å². The van der Waals surface area contributed by atoms with E-state index in [1.54, 1.807) is 14.0 Å². The number of hydrogen-bond acceptors (Lipinski definition) is 4. The number of methoxy groups -OCH3 is 1. The minimum absolute atomic E-state index is 0.139. The van der Waals surface area contributed by atoms with E-state index < -0.39 is 11.3 Å². The molecular weight excluding hydrogens is 386 g/mol. The Kier molecular flexibility index (Phi) is 5.92. The zero-order chi connectivity index (χ0) is 21.8. The number of amides is 1. The maximum atomic E-state index is 13.8. The third-order valence-electron chi connectivity index (χ3n) is 6.24. The topological polar surface area (TPSA) is 65.4 Å². The molecule has 1 N–H and O–H groups in total. The number of carbonyl (C=O) groups is 1. The van der Waals surface area contributed by atoms with Crippen LogP contribution in [0.2, 0.25) is 0 Å². The molecule has 4 rings (SSSR count). The van der Waals surface area contributed by atoms with Crippen molar-refractivity contribution in [2.45, 2.75) is 12.8 Å². The van der Waals surface area contributed by atoms with E-state index >= 15 is 0 Å². The van der Waals surface area contributed by atoms with Crippen LogP contribution in [-0.4, -0.2) is 44.1 Å². The Morgan fingerprint density at radius 2 is 1.68 bits per heavy atom. The number of piperazine rings is 1. The molecule has 0 radical (unpaired) electrons. The van der Waals surface area contributed by atoms with Gasteiger partial charge < -0.3 is 15.0 Å². The van der Waals surface area contributed by atoms with Crippen molar-refractivity contribution in [2.75, 3.05) is 33.3 Å². The van der Waals surface area contributed by atoms with E-state index in [1.807, 2.05) is 53.4 Å². The molecule has 1 saturated heterocycles. The third kappa shape index (κ3) is 3.75. The number of benzene rings is 3. The number of fused-ring (bicyclic) bond motifs is 1. The van der Waals surface area contributed by atoms with Crippen molar-refractivity contribution >= 4 is 16.7 Å². The highest BCUT2D eigenvalue weighted by Gasteiger charge is 2.47. The van der Waals surface area contributed by atoms with Gasteiger partial charge in [-0.15, -0.1) is 0 Å². The molecule has 1 aliphatic rings. The summed E-state index contributed by atoms with van der Waals surface area (Å²) in [5.41, 5.74) is 0.500. The van der Waals surface area contributed by atoms with Crippen molar-refractivity contribution in [3.8, 4) is 11.8 Å². The van der Waals surface area contributed by atoms with Gasteiger partial charge in [-0.05, 0) is 29.3 Å². The highest BCUT2D eigenvalue weighted by molar-refractivity contribution is 5.91. The summed E-state index contributed by atoms with van der Waals surface area (Å²) in [5.74, 6) is 0.0532. The lowest BCUT2D eigenvalue weighted by atomic mass is 9.68. The van der Waals surface area contributed by atoms with Crippen molar-refractivity contribution in [3.63, 3.8) is 0 Å². The Morgan fingerprint density at radius 1 is 1.03 bits per heavy atom. The van der Waals surface area contributed by atoms with Gasteiger partial charge in [0.25, 0.3) is 0 Å². The molecule has 3 aromatic rings. The van der Waals surface area contributed by atoms with E-state index in [1.165, 1.54) is 0 Å². The minimum atomic E-state index is -1.30. The van der Waals surface area contributed by atoms with Gasteiger partial charge in [0, 0.05) is 37.7 Å². The highest BCUT2D eigenvalue weighted by Crippen LogP contribution is 2.47. The van der Waals surface area contributed by atoms with Crippen molar-refractivity contribution in [1.29, 1.82) is 5.26 Å². The average molecular weight is 414 g/mol. The number of nitriles is 1. The first-order valence-corrected chi connectivity index (χ1v) is 10.6. The number of rotatable bonds is 5. The van der Waals surface area contributed by atoms with Gasteiger partial charge in [0.1, 0.15) is 11.2 Å². The molecule has 5 nitrogen and oxygen atoms in total. The van der Waals surface area contributed by atoms with Crippen molar-refractivity contribution in [2.24, 2.45) is 5.41 Å². The Hall–Kier alpha value is -3.36. The van der Waals surface area contributed by atoms with Gasteiger partial charge in [0.15, 0.2) is 0 Å². The monoisotopic (exact) mass is 413 g/mol. The van der Waals surface area contributed by atoms with Crippen LogP contribution in [0.3, 0.4) is 0 Å². The van der Waals surface area contributed by atoms with Gasteiger partial charge >= 0.3 is 0 Å². The van der Waals surface area contributed by atoms with Crippen LogP contribution in [-0.2, 0) is 4.79 Å². The molecule has 158 valence electrons. The number of nitrogens with one attached hydrogen (secondary N) is 1. The minimum Gasteiger partial charge on any atom is -0.496 e. The molecular formula is C26H27N3O2. The molecule has 3 aromatic carbocycles. The van der Waals surface area contributed by atoms with E-state index in [-0.39, 0.29) is 5.91 Å². The van der Waals surface area contributed by atoms with Crippen LogP contribution in [0.5, 0.6) is 5.75 Å².